The standard InChI is InChI=1S/C28H41FO3/c1-27-14-12-22-20(16-26(32)24-15-19(30)11-13-28(22,24)2)21(27)8-9-23(27)25(31)10-5-17-3-6-18(29)7-4-17/h3-4,6-7,19-26,30-32H,5,8-16H2,1-2H3/t19-,20-,21-,22-,23+,24+,25+,26-,27-,28+/m0/s1. The van der Waals surface area contributed by atoms with Crippen molar-refractivity contribution < 1.29 is 19.7 Å². The molecule has 0 radical (unpaired) electrons. The van der Waals surface area contributed by atoms with Gasteiger partial charge in [-0.3, -0.25) is 0 Å². The SMILES string of the molecule is C[C@]12CC[C@H](O)C[C@@H]1[C@@H](O)C[C@@H]1[C@@H]2CC[C@]2(C)[C@@H]([C@H](O)CCc3ccc(F)cc3)CC[C@@H]12. The fourth-order valence-corrected chi connectivity index (χ4v) is 9.12. The van der Waals surface area contributed by atoms with Gasteiger partial charge in [-0.1, -0.05) is 26.0 Å². The first-order valence-electron chi connectivity index (χ1n) is 13.0. The highest BCUT2D eigenvalue weighted by atomic mass is 19.1. The van der Waals surface area contributed by atoms with E-state index in [-0.39, 0.29) is 40.9 Å². The van der Waals surface area contributed by atoms with Crippen LogP contribution in [0.2, 0.25) is 0 Å². The molecule has 0 unspecified atom stereocenters. The van der Waals surface area contributed by atoms with E-state index in [1.807, 2.05) is 12.1 Å². The normalized spacial score (nSPS) is 46.8. The summed E-state index contributed by atoms with van der Waals surface area (Å²) in [6.45, 7) is 4.81. The number of hydrogen-bond donors (Lipinski definition) is 3. The number of benzene rings is 1. The third-order valence-corrected chi connectivity index (χ3v) is 10.8. The molecule has 4 heteroatoms. The summed E-state index contributed by atoms with van der Waals surface area (Å²) in [7, 11) is 0. The molecular weight excluding hydrogens is 403 g/mol. The van der Waals surface area contributed by atoms with Crippen LogP contribution >= 0.6 is 0 Å². The number of hydrogen-bond acceptors (Lipinski definition) is 3. The molecule has 0 aromatic heterocycles. The number of halogens is 1. The Morgan fingerprint density at radius 2 is 1.59 bits per heavy atom. The summed E-state index contributed by atoms with van der Waals surface area (Å²) >= 11 is 0. The third-order valence-electron chi connectivity index (χ3n) is 10.8. The Kier molecular flexibility index (Phi) is 5.96. The van der Waals surface area contributed by atoms with E-state index in [9.17, 15) is 19.7 Å². The summed E-state index contributed by atoms with van der Waals surface area (Å²) in [5.74, 6) is 2.08. The minimum Gasteiger partial charge on any atom is -0.393 e. The molecule has 10 atom stereocenters. The monoisotopic (exact) mass is 444 g/mol. The highest BCUT2D eigenvalue weighted by Gasteiger charge is 2.62. The molecule has 0 spiro atoms. The molecule has 0 aliphatic heterocycles. The number of aliphatic hydroxyl groups is 3. The summed E-state index contributed by atoms with van der Waals surface area (Å²) in [6, 6.07) is 6.66. The molecule has 4 aliphatic rings. The Morgan fingerprint density at radius 3 is 2.34 bits per heavy atom. The number of fused-ring (bicyclic) bond motifs is 5. The predicted octanol–water partition coefficient (Wildman–Crippen LogP) is 5.11. The maximum Gasteiger partial charge on any atom is 0.123 e. The van der Waals surface area contributed by atoms with Gasteiger partial charge in [-0.25, -0.2) is 4.39 Å². The minimum atomic E-state index is -0.326. The number of rotatable bonds is 4. The number of aryl methyl sites for hydroxylation is 1. The quantitative estimate of drug-likeness (QED) is 0.605. The number of aliphatic hydroxyl groups excluding tert-OH is 3. The van der Waals surface area contributed by atoms with Gasteiger partial charge in [0.15, 0.2) is 0 Å². The van der Waals surface area contributed by atoms with Crippen LogP contribution < -0.4 is 0 Å². The molecule has 4 aliphatic carbocycles. The third kappa shape index (κ3) is 3.65. The second kappa shape index (κ2) is 8.36. The van der Waals surface area contributed by atoms with Crippen molar-refractivity contribution >= 4 is 0 Å². The van der Waals surface area contributed by atoms with Gasteiger partial charge in [0.25, 0.3) is 0 Å². The second-order valence-electron chi connectivity index (χ2n) is 12.2. The lowest BCUT2D eigenvalue weighted by Gasteiger charge is -2.62. The zero-order valence-electron chi connectivity index (χ0n) is 19.7. The van der Waals surface area contributed by atoms with E-state index in [2.05, 4.69) is 13.8 Å². The largest absolute Gasteiger partial charge is 0.393 e. The van der Waals surface area contributed by atoms with E-state index in [1.165, 1.54) is 18.6 Å². The Bertz CT molecular complexity index is 811. The van der Waals surface area contributed by atoms with Gasteiger partial charge in [-0.2, -0.15) is 0 Å². The highest BCUT2D eigenvalue weighted by molar-refractivity contribution is 5.17. The summed E-state index contributed by atoms with van der Waals surface area (Å²) in [4.78, 5) is 0. The van der Waals surface area contributed by atoms with Crippen molar-refractivity contribution in [2.75, 3.05) is 0 Å². The van der Waals surface area contributed by atoms with Crippen molar-refractivity contribution in [1.82, 2.24) is 0 Å². The van der Waals surface area contributed by atoms with E-state index in [4.69, 9.17) is 0 Å². The Morgan fingerprint density at radius 1 is 0.906 bits per heavy atom. The van der Waals surface area contributed by atoms with Gasteiger partial charge < -0.3 is 15.3 Å². The van der Waals surface area contributed by atoms with Crippen LogP contribution in [0, 0.1) is 46.2 Å². The molecule has 0 heterocycles. The summed E-state index contributed by atoms with van der Waals surface area (Å²) in [5.41, 5.74) is 1.37. The van der Waals surface area contributed by atoms with E-state index in [0.717, 1.165) is 63.4 Å². The predicted molar refractivity (Wildman–Crippen MR) is 123 cm³/mol. The van der Waals surface area contributed by atoms with E-state index >= 15 is 0 Å². The van der Waals surface area contributed by atoms with Crippen LogP contribution in [0.1, 0.15) is 77.2 Å². The van der Waals surface area contributed by atoms with Gasteiger partial charge in [0, 0.05) is 0 Å². The molecule has 32 heavy (non-hydrogen) atoms. The van der Waals surface area contributed by atoms with Crippen LogP contribution in [0.3, 0.4) is 0 Å². The van der Waals surface area contributed by atoms with Crippen molar-refractivity contribution in [3.63, 3.8) is 0 Å². The van der Waals surface area contributed by atoms with Gasteiger partial charge in [-0.15, -0.1) is 0 Å². The first kappa shape index (κ1) is 22.8. The average Bonchev–Trinajstić information content (AvgIpc) is 3.12. The molecule has 1 aromatic rings. The van der Waals surface area contributed by atoms with E-state index in [1.54, 1.807) is 0 Å². The molecule has 0 amide bonds. The fourth-order valence-electron chi connectivity index (χ4n) is 9.12. The molecular formula is C28H41FO3. The molecule has 1 aromatic carbocycles. The molecule has 5 rings (SSSR count). The van der Waals surface area contributed by atoms with E-state index in [0.29, 0.717) is 23.7 Å². The smallest absolute Gasteiger partial charge is 0.123 e. The zero-order valence-corrected chi connectivity index (χ0v) is 19.7. The van der Waals surface area contributed by atoms with Crippen molar-refractivity contribution in [3.8, 4) is 0 Å². The highest BCUT2D eigenvalue weighted by Crippen LogP contribution is 2.67. The maximum absolute atomic E-state index is 13.2. The van der Waals surface area contributed by atoms with Crippen molar-refractivity contribution in [2.45, 2.75) is 96.4 Å². The Hall–Kier alpha value is -0.970. The maximum atomic E-state index is 13.2. The van der Waals surface area contributed by atoms with Crippen LogP contribution in [0.15, 0.2) is 24.3 Å². The molecule has 3 N–H and O–H groups in total. The Balaban J connectivity index is 1.30. The zero-order chi connectivity index (χ0) is 22.7. The van der Waals surface area contributed by atoms with Crippen LogP contribution in [0.25, 0.3) is 0 Å². The minimum absolute atomic E-state index is 0.139. The average molecular weight is 445 g/mol. The fraction of sp³-hybridized carbons (Fsp3) is 0.786. The van der Waals surface area contributed by atoms with Crippen LogP contribution in [0.5, 0.6) is 0 Å². The summed E-state index contributed by atoms with van der Waals surface area (Å²) in [6.07, 6.45) is 8.75. The molecule has 4 saturated carbocycles. The molecule has 0 saturated heterocycles. The molecule has 0 bridgehead atoms. The Labute approximate surface area is 192 Å². The first-order chi connectivity index (χ1) is 15.2. The molecule has 3 nitrogen and oxygen atoms in total. The lowest BCUT2D eigenvalue weighted by molar-refractivity contribution is -0.174. The summed E-state index contributed by atoms with van der Waals surface area (Å²) < 4.78 is 13.2. The van der Waals surface area contributed by atoms with Gasteiger partial charge >= 0.3 is 0 Å². The van der Waals surface area contributed by atoms with Gasteiger partial charge in [0.05, 0.1) is 18.3 Å². The molecule has 178 valence electrons. The summed E-state index contributed by atoms with van der Waals surface area (Å²) in [5, 5.41) is 32.6. The topological polar surface area (TPSA) is 60.7 Å². The molecule has 4 fully saturated rings. The van der Waals surface area contributed by atoms with Crippen molar-refractivity contribution in [2.24, 2.45) is 40.4 Å². The second-order valence-corrected chi connectivity index (χ2v) is 12.2. The van der Waals surface area contributed by atoms with Gasteiger partial charge in [0.2, 0.25) is 0 Å². The van der Waals surface area contributed by atoms with E-state index < -0.39 is 0 Å². The lowest BCUT2D eigenvalue weighted by Crippen LogP contribution is -2.58. The first-order valence-corrected chi connectivity index (χ1v) is 13.0. The van der Waals surface area contributed by atoms with Gasteiger partial charge in [-0.05, 0) is 122 Å². The van der Waals surface area contributed by atoms with Gasteiger partial charge in [0.1, 0.15) is 5.82 Å². The lowest BCUT2D eigenvalue weighted by atomic mass is 9.44. The van der Waals surface area contributed by atoms with Crippen LogP contribution in [-0.2, 0) is 6.42 Å². The van der Waals surface area contributed by atoms with Crippen LogP contribution in [0.4, 0.5) is 4.39 Å². The van der Waals surface area contributed by atoms with Crippen molar-refractivity contribution in [3.05, 3.63) is 35.6 Å². The van der Waals surface area contributed by atoms with Crippen LogP contribution in [-0.4, -0.2) is 33.6 Å². The van der Waals surface area contributed by atoms with Crippen molar-refractivity contribution in [1.29, 1.82) is 0 Å².